The monoisotopic (exact) mass is 419 g/mol. The Hall–Kier alpha value is -2.34. The lowest BCUT2D eigenvalue weighted by molar-refractivity contribution is -0.132. The summed E-state index contributed by atoms with van der Waals surface area (Å²) in [5.41, 5.74) is 1.55. The van der Waals surface area contributed by atoms with Gasteiger partial charge >= 0.3 is 0 Å². The molecule has 0 heterocycles. The quantitative estimate of drug-likeness (QED) is 0.604. The Bertz CT molecular complexity index is 774. The molecule has 2 rings (SSSR count). The topological polar surface area (TPSA) is 55.8 Å². The minimum Gasteiger partial charge on any atom is -0.496 e. The number of carbonyl (C=O) groups is 2. The average molecular weight is 420 g/mol. The predicted octanol–water partition coefficient (Wildman–Crippen LogP) is 4.09. The number of benzene rings is 2. The lowest BCUT2D eigenvalue weighted by Crippen LogP contribution is -2.31. The van der Waals surface area contributed by atoms with Crippen molar-refractivity contribution in [3.05, 3.63) is 58.1 Å². The molecule has 0 aliphatic heterocycles. The fourth-order valence-electron chi connectivity index (χ4n) is 2.41. The van der Waals surface area contributed by atoms with Crippen molar-refractivity contribution in [3.8, 4) is 11.5 Å². The molecule has 26 heavy (non-hydrogen) atoms. The van der Waals surface area contributed by atoms with Crippen molar-refractivity contribution in [2.45, 2.75) is 19.9 Å². The highest BCUT2D eigenvalue weighted by molar-refractivity contribution is 9.10. The van der Waals surface area contributed by atoms with Crippen molar-refractivity contribution in [1.82, 2.24) is 4.90 Å². The van der Waals surface area contributed by atoms with Crippen molar-refractivity contribution in [2.24, 2.45) is 0 Å². The summed E-state index contributed by atoms with van der Waals surface area (Å²) < 4.78 is 11.8. The number of methoxy groups -OCH3 is 1. The molecule has 0 fully saturated rings. The summed E-state index contributed by atoms with van der Waals surface area (Å²) in [6.07, 6.45) is 0.461. The first-order valence-corrected chi connectivity index (χ1v) is 9.06. The number of likely N-dealkylation sites (N-methyl/N-ethyl adjacent to an activating group) is 1. The van der Waals surface area contributed by atoms with E-state index >= 15 is 0 Å². The number of ether oxygens (including phenoxy) is 2. The lowest BCUT2D eigenvalue weighted by Gasteiger charge is -2.19. The van der Waals surface area contributed by atoms with Crippen LogP contribution in [0.4, 0.5) is 0 Å². The van der Waals surface area contributed by atoms with E-state index in [9.17, 15) is 9.59 Å². The average Bonchev–Trinajstić information content (AvgIpc) is 2.66. The highest BCUT2D eigenvalue weighted by atomic mass is 79.9. The maximum Gasteiger partial charge on any atom is 0.260 e. The zero-order chi connectivity index (χ0) is 19.1. The van der Waals surface area contributed by atoms with Crippen LogP contribution in [0.2, 0.25) is 0 Å². The number of nitrogens with zero attached hydrogens (tertiary/aromatic N) is 1. The maximum atomic E-state index is 12.3. The van der Waals surface area contributed by atoms with Gasteiger partial charge in [0, 0.05) is 35.6 Å². The molecule has 0 N–H and O–H groups in total. The fourth-order valence-corrected chi connectivity index (χ4v) is 2.82. The Balaban J connectivity index is 1.93. The minimum absolute atomic E-state index is 0.0755. The van der Waals surface area contributed by atoms with E-state index in [1.165, 1.54) is 0 Å². The van der Waals surface area contributed by atoms with E-state index in [-0.39, 0.29) is 18.3 Å². The van der Waals surface area contributed by atoms with Gasteiger partial charge in [0.05, 0.1) is 7.11 Å². The van der Waals surface area contributed by atoms with Crippen LogP contribution in [0.25, 0.3) is 0 Å². The maximum absolute atomic E-state index is 12.3. The van der Waals surface area contributed by atoms with Crippen LogP contribution in [0.3, 0.4) is 0 Å². The highest BCUT2D eigenvalue weighted by Gasteiger charge is 2.13. The molecule has 0 aromatic heterocycles. The first-order chi connectivity index (χ1) is 12.4. The normalized spacial score (nSPS) is 10.3. The molecule has 5 nitrogen and oxygen atoms in total. The zero-order valence-electron chi connectivity index (χ0n) is 15.1. The standard InChI is InChI=1S/C20H22BrNO4/c1-4-18(23)14-5-8-17(9-6-14)26-13-20(24)22(2)12-15-11-16(21)7-10-19(15)25-3/h5-11H,4,12-13H2,1-3H3. The van der Waals surface area contributed by atoms with Gasteiger partial charge in [-0.05, 0) is 42.5 Å². The molecule has 0 aliphatic rings. The second-order valence-corrected chi connectivity index (χ2v) is 6.71. The molecule has 0 spiro atoms. The summed E-state index contributed by atoms with van der Waals surface area (Å²) in [5.74, 6) is 1.21. The van der Waals surface area contributed by atoms with Gasteiger partial charge in [-0.2, -0.15) is 0 Å². The van der Waals surface area contributed by atoms with Crippen molar-refractivity contribution < 1.29 is 19.1 Å². The van der Waals surface area contributed by atoms with Crippen molar-refractivity contribution >= 4 is 27.6 Å². The molecule has 0 unspecified atom stereocenters. The van der Waals surface area contributed by atoms with E-state index in [0.717, 1.165) is 15.8 Å². The van der Waals surface area contributed by atoms with Crippen molar-refractivity contribution in [3.63, 3.8) is 0 Å². The zero-order valence-corrected chi connectivity index (χ0v) is 16.7. The summed E-state index contributed by atoms with van der Waals surface area (Å²) in [7, 11) is 3.32. The number of hydrogen-bond donors (Lipinski definition) is 0. The van der Waals surface area contributed by atoms with E-state index < -0.39 is 0 Å². The number of halogens is 1. The Morgan fingerprint density at radius 2 is 1.81 bits per heavy atom. The third-order valence-corrected chi connectivity index (χ3v) is 4.43. The Labute approximate surface area is 162 Å². The van der Waals surface area contributed by atoms with E-state index in [2.05, 4.69) is 15.9 Å². The molecule has 2 aromatic carbocycles. The number of amides is 1. The van der Waals surface area contributed by atoms with E-state index in [0.29, 0.717) is 24.3 Å². The Morgan fingerprint density at radius 1 is 1.12 bits per heavy atom. The van der Waals surface area contributed by atoms with Crippen LogP contribution in [0, 0.1) is 0 Å². The molecular weight excluding hydrogens is 398 g/mol. The first-order valence-electron chi connectivity index (χ1n) is 8.27. The fraction of sp³-hybridized carbons (Fsp3) is 0.300. The Morgan fingerprint density at radius 3 is 2.42 bits per heavy atom. The number of carbonyl (C=O) groups excluding carboxylic acids is 2. The molecule has 138 valence electrons. The molecular formula is C20H22BrNO4. The second-order valence-electron chi connectivity index (χ2n) is 5.80. The predicted molar refractivity (Wildman–Crippen MR) is 104 cm³/mol. The van der Waals surface area contributed by atoms with Gasteiger partial charge in [0.1, 0.15) is 11.5 Å². The molecule has 0 atom stereocenters. The molecule has 1 amide bonds. The summed E-state index contributed by atoms with van der Waals surface area (Å²) >= 11 is 3.43. The number of rotatable bonds is 8. The van der Waals surface area contributed by atoms with Crippen LogP contribution in [0.1, 0.15) is 29.3 Å². The van der Waals surface area contributed by atoms with Crippen LogP contribution in [0.15, 0.2) is 46.9 Å². The van der Waals surface area contributed by atoms with Gasteiger partial charge in [0.15, 0.2) is 12.4 Å². The molecule has 0 radical (unpaired) electrons. The largest absolute Gasteiger partial charge is 0.496 e. The molecule has 0 bridgehead atoms. The molecule has 0 saturated carbocycles. The molecule has 0 saturated heterocycles. The van der Waals surface area contributed by atoms with Gasteiger partial charge in [0.2, 0.25) is 0 Å². The minimum atomic E-state index is -0.152. The Kier molecular flexibility index (Phi) is 7.21. The summed E-state index contributed by atoms with van der Waals surface area (Å²) in [5, 5.41) is 0. The van der Waals surface area contributed by atoms with Gasteiger partial charge in [-0.25, -0.2) is 0 Å². The highest BCUT2D eigenvalue weighted by Crippen LogP contribution is 2.24. The molecule has 2 aromatic rings. The van der Waals surface area contributed by atoms with Gasteiger partial charge in [-0.3, -0.25) is 9.59 Å². The molecule has 6 heteroatoms. The third kappa shape index (κ3) is 5.33. The van der Waals surface area contributed by atoms with Crippen LogP contribution >= 0.6 is 15.9 Å². The first kappa shape index (κ1) is 20.0. The van der Waals surface area contributed by atoms with Crippen molar-refractivity contribution in [2.75, 3.05) is 20.8 Å². The van der Waals surface area contributed by atoms with E-state index in [4.69, 9.17) is 9.47 Å². The van der Waals surface area contributed by atoms with Gasteiger partial charge in [0.25, 0.3) is 5.91 Å². The summed E-state index contributed by atoms with van der Waals surface area (Å²) in [4.78, 5) is 25.5. The molecule has 0 aliphatic carbocycles. The van der Waals surface area contributed by atoms with E-state index in [1.54, 1.807) is 43.3 Å². The summed E-state index contributed by atoms with van der Waals surface area (Å²) in [6, 6.07) is 12.5. The smallest absolute Gasteiger partial charge is 0.260 e. The SMILES string of the molecule is CCC(=O)c1ccc(OCC(=O)N(C)Cc2cc(Br)ccc2OC)cc1. The van der Waals surface area contributed by atoms with Crippen molar-refractivity contribution in [1.29, 1.82) is 0 Å². The van der Waals surface area contributed by atoms with E-state index in [1.807, 2.05) is 25.1 Å². The second kappa shape index (κ2) is 9.38. The van der Waals surface area contributed by atoms with Gasteiger partial charge in [-0.15, -0.1) is 0 Å². The number of ketones is 1. The van der Waals surface area contributed by atoms with Gasteiger partial charge in [-0.1, -0.05) is 22.9 Å². The third-order valence-electron chi connectivity index (χ3n) is 3.94. The lowest BCUT2D eigenvalue weighted by atomic mass is 10.1. The number of hydrogen-bond acceptors (Lipinski definition) is 4. The van der Waals surface area contributed by atoms with Crippen LogP contribution in [-0.2, 0) is 11.3 Å². The number of Topliss-reactive ketones (excluding diaryl/α,β-unsaturated/α-hetero) is 1. The van der Waals surface area contributed by atoms with Crippen LogP contribution in [-0.4, -0.2) is 37.4 Å². The van der Waals surface area contributed by atoms with Gasteiger partial charge < -0.3 is 14.4 Å². The van der Waals surface area contributed by atoms with Crippen LogP contribution in [0.5, 0.6) is 11.5 Å². The summed E-state index contributed by atoms with van der Waals surface area (Å²) in [6.45, 7) is 2.16. The van der Waals surface area contributed by atoms with Crippen LogP contribution < -0.4 is 9.47 Å².